The van der Waals surface area contributed by atoms with Gasteiger partial charge in [0.05, 0.1) is 17.1 Å². The van der Waals surface area contributed by atoms with E-state index in [1.54, 1.807) is 42.5 Å². The molecule has 2 aromatic rings. The second kappa shape index (κ2) is 6.50. The number of benzene rings is 2. The van der Waals surface area contributed by atoms with Crippen molar-refractivity contribution in [2.75, 3.05) is 10.6 Å². The van der Waals surface area contributed by atoms with Gasteiger partial charge < -0.3 is 5.73 Å². The van der Waals surface area contributed by atoms with Gasteiger partial charge in [-0.25, -0.2) is 4.79 Å². The number of nitrogens with zero attached hydrogens (tertiary/aromatic N) is 2. The smallest absolute Gasteiger partial charge is 0.360 e. The van der Waals surface area contributed by atoms with Crippen LogP contribution in [0.4, 0.5) is 21.9 Å². The highest BCUT2D eigenvalue weighted by Crippen LogP contribution is 2.32. The lowest BCUT2D eigenvalue weighted by molar-refractivity contribution is 0.159. The molecule has 0 aliphatic rings. The molecule has 21 heavy (non-hydrogen) atoms. The van der Waals surface area contributed by atoms with Gasteiger partial charge in [-0.05, 0) is 30.3 Å². The lowest BCUT2D eigenvalue weighted by Crippen LogP contribution is -2.36. The summed E-state index contributed by atoms with van der Waals surface area (Å²) < 4.78 is 0. The normalized spacial score (nSPS) is 9.52. The van der Waals surface area contributed by atoms with Gasteiger partial charge in [0.15, 0.2) is 0 Å². The number of urea groups is 1. The number of hydrogen-bond acceptors (Lipinski definition) is 4. The van der Waals surface area contributed by atoms with Crippen molar-refractivity contribution in [3.05, 3.63) is 53.6 Å². The molecule has 0 aliphatic carbocycles. The number of anilines is 3. The summed E-state index contributed by atoms with van der Waals surface area (Å²) in [5.41, 5.74) is 9.20. The highest BCUT2D eigenvalue weighted by Gasteiger charge is 2.21. The summed E-state index contributed by atoms with van der Waals surface area (Å²) in [6.07, 6.45) is 1.37. The van der Waals surface area contributed by atoms with Gasteiger partial charge in [-0.3, -0.25) is 9.74 Å². The Kier molecular flexibility index (Phi) is 4.49. The van der Waals surface area contributed by atoms with Crippen molar-refractivity contribution in [2.24, 2.45) is 0 Å². The van der Waals surface area contributed by atoms with Crippen LogP contribution in [-0.2, 0) is 4.84 Å². The maximum Gasteiger partial charge on any atom is 0.360 e. The molecule has 0 fully saturated rings. The fraction of sp³-hybridized carbons (Fsp3) is 0. The van der Waals surface area contributed by atoms with Gasteiger partial charge in [-0.15, -0.1) is 5.26 Å². The zero-order chi connectivity index (χ0) is 15.2. The van der Waals surface area contributed by atoms with Gasteiger partial charge in [-0.1, -0.05) is 29.8 Å². The molecule has 0 unspecified atom stereocenters. The first-order chi connectivity index (χ1) is 10.1. The van der Waals surface area contributed by atoms with Crippen LogP contribution in [0, 0.1) is 11.5 Å². The summed E-state index contributed by atoms with van der Waals surface area (Å²) in [4.78, 5) is 17.7. The Morgan fingerprint density at radius 2 is 2.00 bits per heavy atom. The SMILES string of the molecule is N#CONC(=O)N(c1ccccc1)c1cc(Cl)ccc1N. The number of para-hydroxylation sites is 1. The van der Waals surface area contributed by atoms with Crippen molar-refractivity contribution in [3.8, 4) is 6.26 Å². The van der Waals surface area contributed by atoms with Crippen molar-refractivity contribution in [1.82, 2.24) is 5.48 Å². The average molecular weight is 303 g/mol. The monoisotopic (exact) mass is 302 g/mol. The highest BCUT2D eigenvalue weighted by atomic mass is 35.5. The van der Waals surface area contributed by atoms with Crippen LogP contribution in [0.15, 0.2) is 48.5 Å². The molecule has 0 saturated carbocycles. The molecule has 106 valence electrons. The highest BCUT2D eigenvalue weighted by molar-refractivity contribution is 6.31. The molecule has 0 aliphatic heterocycles. The van der Waals surface area contributed by atoms with E-state index in [0.717, 1.165) is 0 Å². The Morgan fingerprint density at radius 3 is 2.67 bits per heavy atom. The third-order valence-electron chi connectivity index (χ3n) is 2.63. The minimum atomic E-state index is -0.670. The molecule has 7 heteroatoms. The lowest BCUT2D eigenvalue weighted by atomic mass is 10.2. The molecule has 2 aromatic carbocycles. The summed E-state index contributed by atoms with van der Waals surface area (Å²) in [5, 5.41) is 8.81. The van der Waals surface area contributed by atoms with E-state index in [2.05, 4.69) is 4.84 Å². The number of hydrogen-bond donors (Lipinski definition) is 2. The maximum atomic E-state index is 12.2. The van der Waals surface area contributed by atoms with Crippen LogP contribution in [-0.4, -0.2) is 6.03 Å². The number of nitrogens with two attached hydrogens (primary N) is 1. The Labute approximate surface area is 126 Å². The van der Waals surface area contributed by atoms with Crippen molar-refractivity contribution in [1.29, 1.82) is 5.26 Å². The van der Waals surface area contributed by atoms with E-state index in [4.69, 9.17) is 22.6 Å². The second-order valence-corrected chi connectivity index (χ2v) is 4.41. The Morgan fingerprint density at radius 1 is 1.29 bits per heavy atom. The number of amides is 2. The van der Waals surface area contributed by atoms with Crippen LogP contribution in [0.5, 0.6) is 0 Å². The molecule has 2 amide bonds. The van der Waals surface area contributed by atoms with E-state index in [1.165, 1.54) is 11.2 Å². The van der Waals surface area contributed by atoms with Crippen LogP contribution < -0.4 is 16.1 Å². The molecule has 0 heterocycles. The summed E-state index contributed by atoms with van der Waals surface area (Å²) >= 11 is 5.96. The number of rotatable bonds is 3. The van der Waals surface area contributed by atoms with E-state index in [9.17, 15) is 4.79 Å². The number of halogens is 1. The van der Waals surface area contributed by atoms with E-state index in [-0.39, 0.29) is 0 Å². The fourth-order valence-corrected chi connectivity index (χ4v) is 1.93. The van der Waals surface area contributed by atoms with Gasteiger partial charge in [0, 0.05) is 5.02 Å². The van der Waals surface area contributed by atoms with Crippen molar-refractivity contribution < 1.29 is 9.63 Å². The van der Waals surface area contributed by atoms with Crippen LogP contribution in [0.1, 0.15) is 0 Å². The molecule has 6 nitrogen and oxygen atoms in total. The Hall–Kier alpha value is -2.91. The fourth-order valence-electron chi connectivity index (χ4n) is 1.77. The molecule has 0 spiro atoms. The average Bonchev–Trinajstić information content (AvgIpc) is 2.50. The topological polar surface area (TPSA) is 91.4 Å². The summed E-state index contributed by atoms with van der Waals surface area (Å²) in [7, 11) is 0. The zero-order valence-corrected chi connectivity index (χ0v) is 11.5. The molecule has 3 N–H and O–H groups in total. The second-order valence-electron chi connectivity index (χ2n) is 3.97. The van der Waals surface area contributed by atoms with Gasteiger partial charge in [0.2, 0.25) is 0 Å². The number of hydroxylamine groups is 1. The summed E-state index contributed by atoms with van der Waals surface area (Å²) in [6.45, 7) is 0. The van der Waals surface area contributed by atoms with Gasteiger partial charge >= 0.3 is 12.3 Å². The van der Waals surface area contributed by atoms with Gasteiger partial charge in [0.25, 0.3) is 0 Å². The van der Waals surface area contributed by atoms with Crippen molar-refractivity contribution in [2.45, 2.75) is 0 Å². The van der Waals surface area contributed by atoms with E-state index >= 15 is 0 Å². The predicted octanol–water partition coefficient (Wildman–Crippen LogP) is 3.18. The van der Waals surface area contributed by atoms with Crippen LogP contribution in [0.2, 0.25) is 5.02 Å². The Bertz CT molecular complexity index is 685. The molecule has 0 atom stereocenters. The zero-order valence-electron chi connectivity index (χ0n) is 10.8. The molecule has 0 aromatic heterocycles. The van der Waals surface area contributed by atoms with Gasteiger partial charge in [-0.2, -0.15) is 5.48 Å². The first kappa shape index (κ1) is 14.5. The standard InChI is InChI=1S/C14H11ClN4O2/c15-10-6-7-12(17)13(8-10)19(14(20)18-21-9-16)11-4-2-1-3-5-11/h1-8H,17H2,(H,18,20). The van der Waals surface area contributed by atoms with Gasteiger partial charge in [0.1, 0.15) is 0 Å². The third-order valence-corrected chi connectivity index (χ3v) is 2.87. The number of nitrogen functional groups attached to an aromatic ring is 1. The molecular formula is C14H11ClN4O2. The van der Waals surface area contributed by atoms with E-state index in [0.29, 0.717) is 22.1 Å². The molecular weight excluding hydrogens is 292 g/mol. The summed E-state index contributed by atoms with van der Waals surface area (Å²) in [5.74, 6) is 0. The number of nitrogens with one attached hydrogen (secondary N) is 1. The predicted molar refractivity (Wildman–Crippen MR) is 79.7 cm³/mol. The molecule has 2 rings (SSSR count). The minimum Gasteiger partial charge on any atom is -0.397 e. The molecule has 0 bridgehead atoms. The quantitative estimate of drug-likeness (QED) is 0.517. The van der Waals surface area contributed by atoms with E-state index in [1.807, 2.05) is 11.5 Å². The first-order valence-corrected chi connectivity index (χ1v) is 6.26. The third kappa shape index (κ3) is 3.35. The lowest BCUT2D eigenvalue weighted by Gasteiger charge is -2.23. The van der Waals surface area contributed by atoms with Crippen LogP contribution in [0.3, 0.4) is 0 Å². The molecule has 0 radical (unpaired) electrons. The largest absolute Gasteiger partial charge is 0.397 e. The van der Waals surface area contributed by atoms with Crippen molar-refractivity contribution >= 4 is 34.7 Å². The van der Waals surface area contributed by atoms with E-state index < -0.39 is 6.03 Å². The van der Waals surface area contributed by atoms with Crippen LogP contribution >= 0.6 is 11.6 Å². The number of carbonyl (C=O) groups excluding carboxylic acids is 1. The maximum absolute atomic E-state index is 12.2. The number of carbonyl (C=O) groups is 1. The summed E-state index contributed by atoms with van der Waals surface area (Å²) in [6, 6.07) is 12.9. The number of nitriles is 1. The molecule has 0 saturated heterocycles. The van der Waals surface area contributed by atoms with Crippen LogP contribution in [0.25, 0.3) is 0 Å². The van der Waals surface area contributed by atoms with Crippen molar-refractivity contribution in [3.63, 3.8) is 0 Å². The first-order valence-electron chi connectivity index (χ1n) is 5.88. The Balaban J connectivity index is 2.48. The minimum absolute atomic E-state index is 0.357.